The van der Waals surface area contributed by atoms with Crippen molar-refractivity contribution in [3.63, 3.8) is 0 Å². The van der Waals surface area contributed by atoms with Gasteiger partial charge in [-0.25, -0.2) is 4.68 Å². The second-order valence-corrected chi connectivity index (χ2v) is 4.07. The maximum absolute atomic E-state index is 12.1. The summed E-state index contributed by atoms with van der Waals surface area (Å²) in [5, 5.41) is 13.1. The van der Waals surface area contributed by atoms with Crippen LogP contribution in [0.3, 0.4) is 0 Å². The van der Waals surface area contributed by atoms with Crippen molar-refractivity contribution in [2.75, 3.05) is 0 Å². The van der Waals surface area contributed by atoms with Crippen LogP contribution in [0, 0.1) is 25.2 Å². The van der Waals surface area contributed by atoms with E-state index in [9.17, 15) is 4.79 Å². The molecule has 0 aliphatic rings. The Balaban J connectivity index is 2.50. The zero-order valence-electron chi connectivity index (χ0n) is 10.7. The summed E-state index contributed by atoms with van der Waals surface area (Å²) >= 11 is 0. The molecule has 0 spiro atoms. The molecule has 0 saturated carbocycles. The third kappa shape index (κ3) is 2.58. The summed E-state index contributed by atoms with van der Waals surface area (Å²) in [7, 11) is 0. The van der Waals surface area contributed by atoms with Gasteiger partial charge in [0, 0.05) is 11.9 Å². The van der Waals surface area contributed by atoms with Gasteiger partial charge < -0.3 is 0 Å². The highest BCUT2D eigenvalue weighted by molar-refractivity contribution is 5.76. The van der Waals surface area contributed by atoms with Gasteiger partial charge >= 0.3 is 0 Å². The van der Waals surface area contributed by atoms with E-state index >= 15 is 0 Å². The standard InChI is InChI=1S/C14H12N4O/c1-10-7-11(2)18(14(19)13(10)8-15)17-9-12-5-3-4-6-16-12/h3-7,9H,1-2H3/b17-9-. The third-order valence-corrected chi connectivity index (χ3v) is 2.67. The van der Waals surface area contributed by atoms with Crippen LogP contribution < -0.4 is 5.56 Å². The first kappa shape index (κ1) is 12.7. The summed E-state index contributed by atoms with van der Waals surface area (Å²) in [5.74, 6) is 0. The number of nitrogens with zero attached hydrogens (tertiary/aromatic N) is 4. The molecule has 0 unspecified atom stereocenters. The van der Waals surface area contributed by atoms with Crippen LogP contribution in [0.5, 0.6) is 0 Å². The monoisotopic (exact) mass is 252 g/mol. The molecule has 2 aromatic heterocycles. The average molecular weight is 252 g/mol. The number of nitriles is 1. The molecule has 0 N–H and O–H groups in total. The lowest BCUT2D eigenvalue weighted by molar-refractivity contribution is 0.786. The van der Waals surface area contributed by atoms with Gasteiger partial charge in [0.25, 0.3) is 5.56 Å². The van der Waals surface area contributed by atoms with Crippen molar-refractivity contribution in [2.24, 2.45) is 5.10 Å². The smallest absolute Gasteiger partial charge is 0.266 e. The van der Waals surface area contributed by atoms with Crippen molar-refractivity contribution in [3.8, 4) is 6.07 Å². The van der Waals surface area contributed by atoms with Crippen molar-refractivity contribution in [3.05, 3.63) is 63.3 Å². The molecular weight excluding hydrogens is 240 g/mol. The highest BCUT2D eigenvalue weighted by Crippen LogP contribution is 2.05. The molecule has 0 bridgehead atoms. The molecule has 2 aromatic rings. The van der Waals surface area contributed by atoms with E-state index in [1.54, 1.807) is 38.2 Å². The Morgan fingerprint density at radius 1 is 1.42 bits per heavy atom. The van der Waals surface area contributed by atoms with E-state index in [2.05, 4.69) is 10.1 Å². The van der Waals surface area contributed by atoms with Crippen LogP contribution in [-0.2, 0) is 0 Å². The lowest BCUT2D eigenvalue weighted by Gasteiger charge is -2.05. The molecule has 0 fully saturated rings. The average Bonchev–Trinajstić information content (AvgIpc) is 2.39. The summed E-state index contributed by atoms with van der Waals surface area (Å²) in [5.41, 5.74) is 1.69. The zero-order chi connectivity index (χ0) is 13.8. The Kier molecular flexibility index (Phi) is 3.53. The quantitative estimate of drug-likeness (QED) is 0.762. The SMILES string of the molecule is Cc1cc(C)n(/N=C\c2ccccn2)c(=O)c1C#N. The van der Waals surface area contributed by atoms with Crippen molar-refractivity contribution in [1.29, 1.82) is 5.26 Å². The number of hydrogen-bond acceptors (Lipinski definition) is 4. The van der Waals surface area contributed by atoms with E-state index in [-0.39, 0.29) is 5.56 Å². The largest absolute Gasteiger partial charge is 0.289 e. The highest BCUT2D eigenvalue weighted by Gasteiger charge is 2.08. The molecule has 0 saturated heterocycles. The van der Waals surface area contributed by atoms with E-state index in [4.69, 9.17) is 5.26 Å². The summed E-state index contributed by atoms with van der Waals surface area (Å²) in [6, 6.07) is 9.08. The maximum Gasteiger partial charge on any atom is 0.289 e. The Hall–Kier alpha value is -2.74. The molecule has 5 nitrogen and oxygen atoms in total. The summed E-state index contributed by atoms with van der Waals surface area (Å²) in [6.45, 7) is 3.51. The second-order valence-electron chi connectivity index (χ2n) is 4.07. The Morgan fingerprint density at radius 2 is 2.21 bits per heavy atom. The Labute approximate surface area is 110 Å². The molecule has 19 heavy (non-hydrogen) atoms. The zero-order valence-corrected chi connectivity index (χ0v) is 10.7. The van der Waals surface area contributed by atoms with Crippen LogP contribution in [0.25, 0.3) is 0 Å². The van der Waals surface area contributed by atoms with Gasteiger partial charge in [-0.15, -0.1) is 0 Å². The molecule has 0 aromatic carbocycles. The highest BCUT2D eigenvalue weighted by atomic mass is 16.1. The normalized spacial score (nSPS) is 10.6. The molecule has 0 aliphatic carbocycles. The van der Waals surface area contributed by atoms with Gasteiger partial charge in [0.1, 0.15) is 11.6 Å². The summed E-state index contributed by atoms with van der Waals surface area (Å²) in [6.07, 6.45) is 3.14. The molecule has 0 radical (unpaired) electrons. The van der Waals surface area contributed by atoms with Crippen LogP contribution in [-0.4, -0.2) is 15.9 Å². The van der Waals surface area contributed by atoms with Gasteiger partial charge in [-0.05, 0) is 37.6 Å². The fourth-order valence-corrected chi connectivity index (χ4v) is 1.73. The van der Waals surface area contributed by atoms with Crippen LogP contribution in [0.2, 0.25) is 0 Å². The number of aromatic nitrogens is 2. The number of hydrogen-bond donors (Lipinski definition) is 0. The minimum absolute atomic E-state index is 0.115. The fraction of sp³-hybridized carbons (Fsp3) is 0.143. The molecule has 94 valence electrons. The van der Waals surface area contributed by atoms with Crippen LogP contribution in [0.4, 0.5) is 0 Å². The van der Waals surface area contributed by atoms with E-state index < -0.39 is 5.56 Å². The fourth-order valence-electron chi connectivity index (χ4n) is 1.73. The van der Waals surface area contributed by atoms with Crippen LogP contribution in [0.15, 0.2) is 40.4 Å². The van der Waals surface area contributed by atoms with Gasteiger partial charge in [0.05, 0.1) is 11.9 Å². The van der Waals surface area contributed by atoms with Crippen molar-refractivity contribution >= 4 is 6.21 Å². The maximum atomic E-state index is 12.1. The first-order chi connectivity index (χ1) is 9.13. The predicted octanol–water partition coefficient (Wildman–Crippen LogP) is 1.61. The van der Waals surface area contributed by atoms with Crippen LogP contribution in [0.1, 0.15) is 22.5 Å². The topological polar surface area (TPSA) is 71.0 Å². The summed E-state index contributed by atoms with van der Waals surface area (Å²) < 4.78 is 1.21. The first-order valence-electron chi connectivity index (χ1n) is 5.72. The summed E-state index contributed by atoms with van der Waals surface area (Å²) in [4.78, 5) is 16.2. The number of pyridine rings is 2. The molecule has 2 heterocycles. The van der Waals surface area contributed by atoms with Crippen molar-refractivity contribution in [2.45, 2.75) is 13.8 Å². The molecule has 2 rings (SSSR count). The van der Waals surface area contributed by atoms with Crippen LogP contribution >= 0.6 is 0 Å². The van der Waals surface area contributed by atoms with Gasteiger partial charge in [-0.3, -0.25) is 9.78 Å². The number of rotatable bonds is 2. The number of aryl methyl sites for hydroxylation is 2. The van der Waals surface area contributed by atoms with Gasteiger partial charge in [-0.1, -0.05) is 6.07 Å². The van der Waals surface area contributed by atoms with E-state index in [1.165, 1.54) is 10.9 Å². The lowest BCUT2D eigenvalue weighted by Crippen LogP contribution is -2.22. The third-order valence-electron chi connectivity index (χ3n) is 2.67. The first-order valence-corrected chi connectivity index (χ1v) is 5.72. The minimum Gasteiger partial charge on any atom is -0.266 e. The van der Waals surface area contributed by atoms with Crippen molar-refractivity contribution < 1.29 is 0 Å². The van der Waals surface area contributed by atoms with Gasteiger partial charge in [-0.2, -0.15) is 10.4 Å². The molecule has 0 atom stereocenters. The van der Waals surface area contributed by atoms with Gasteiger partial charge in [0.15, 0.2) is 0 Å². The predicted molar refractivity (Wildman–Crippen MR) is 72.1 cm³/mol. The molecule has 5 heteroatoms. The molecular formula is C14H12N4O. The van der Waals surface area contributed by atoms with E-state index in [0.29, 0.717) is 17.0 Å². The van der Waals surface area contributed by atoms with Crippen molar-refractivity contribution in [1.82, 2.24) is 9.66 Å². The lowest BCUT2D eigenvalue weighted by atomic mass is 10.1. The second kappa shape index (κ2) is 5.27. The minimum atomic E-state index is -0.410. The molecule has 0 amide bonds. The van der Waals surface area contributed by atoms with E-state index in [0.717, 1.165) is 0 Å². The van der Waals surface area contributed by atoms with Gasteiger partial charge in [0.2, 0.25) is 0 Å². The Bertz CT molecular complexity index is 724. The Morgan fingerprint density at radius 3 is 2.84 bits per heavy atom. The molecule has 0 aliphatic heterocycles. The van der Waals surface area contributed by atoms with E-state index in [1.807, 2.05) is 12.1 Å².